The number of thioether (sulfide) groups is 1. The SMILES string of the molecule is CCOc1ccc(-n2c(SCC(=O)NN=Cc3ccc(N(C)C)cc3)nnc2-c2ccc(Cl)cc2)cc1. The number of anilines is 1. The summed E-state index contributed by atoms with van der Waals surface area (Å²) in [5.74, 6) is 1.28. The fraction of sp³-hybridized carbons (Fsp3) is 0.185. The fourth-order valence-corrected chi connectivity index (χ4v) is 4.31. The van der Waals surface area contributed by atoms with E-state index in [2.05, 4.69) is 20.7 Å². The van der Waals surface area contributed by atoms with Gasteiger partial charge in [0.2, 0.25) is 0 Å². The van der Waals surface area contributed by atoms with E-state index in [0.717, 1.165) is 28.3 Å². The Morgan fingerprint density at radius 1 is 1.05 bits per heavy atom. The van der Waals surface area contributed by atoms with E-state index in [9.17, 15) is 4.79 Å². The van der Waals surface area contributed by atoms with Crippen LogP contribution in [0.25, 0.3) is 17.1 Å². The zero-order valence-corrected chi connectivity index (χ0v) is 22.3. The number of nitrogens with one attached hydrogen (secondary N) is 1. The van der Waals surface area contributed by atoms with E-state index in [4.69, 9.17) is 16.3 Å². The Kier molecular flexibility index (Phi) is 8.81. The summed E-state index contributed by atoms with van der Waals surface area (Å²) in [7, 11) is 3.96. The normalized spacial score (nSPS) is 11.0. The van der Waals surface area contributed by atoms with Crippen LogP contribution in [0, 0.1) is 0 Å². The lowest BCUT2D eigenvalue weighted by Crippen LogP contribution is -2.20. The number of aromatic nitrogens is 3. The van der Waals surface area contributed by atoms with Crippen LogP contribution in [0.3, 0.4) is 0 Å². The van der Waals surface area contributed by atoms with Gasteiger partial charge in [-0.15, -0.1) is 10.2 Å². The highest BCUT2D eigenvalue weighted by Gasteiger charge is 2.17. The van der Waals surface area contributed by atoms with Crippen LogP contribution in [0.15, 0.2) is 83.1 Å². The van der Waals surface area contributed by atoms with Crippen molar-refractivity contribution in [3.8, 4) is 22.8 Å². The molecule has 0 unspecified atom stereocenters. The summed E-state index contributed by atoms with van der Waals surface area (Å²) >= 11 is 7.35. The minimum atomic E-state index is -0.250. The van der Waals surface area contributed by atoms with Crippen molar-refractivity contribution in [1.82, 2.24) is 20.2 Å². The minimum absolute atomic E-state index is 0.118. The van der Waals surface area contributed by atoms with Crippen LogP contribution in [0.4, 0.5) is 5.69 Å². The van der Waals surface area contributed by atoms with Crippen LogP contribution >= 0.6 is 23.4 Å². The molecule has 0 bridgehead atoms. The number of benzene rings is 3. The van der Waals surface area contributed by atoms with Gasteiger partial charge >= 0.3 is 0 Å². The largest absolute Gasteiger partial charge is 0.494 e. The third-order valence-corrected chi connectivity index (χ3v) is 6.47. The molecule has 0 radical (unpaired) electrons. The molecule has 4 aromatic rings. The Hall–Kier alpha value is -3.82. The van der Waals surface area contributed by atoms with Gasteiger partial charge in [-0.25, -0.2) is 5.43 Å². The number of hydrazone groups is 1. The number of hydrogen-bond acceptors (Lipinski definition) is 7. The Labute approximate surface area is 225 Å². The van der Waals surface area contributed by atoms with Crippen LogP contribution in [0.2, 0.25) is 5.02 Å². The Bertz CT molecular complexity index is 1350. The third kappa shape index (κ3) is 6.90. The molecule has 0 aliphatic heterocycles. The van der Waals surface area contributed by atoms with Crippen molar-refractivity contribution in [1.29, 1.82) is 0 Å². The van der Waals surface area contributed by atoms with Crippen molar-refractivity contribution >= 4 is 41.2 Å². The molecular formula is C27H27ClN6O2S. The summed E-state index contributed by atoms with van der Waals surface area (Å²) in [6.45, 7) is 2.53. The highest BCUT2D eigenvalue weighted by atomic mass is 35.5. The maximum Gasteiger partial charge on any atom is 0.250 e. The maximum absolute atomic E-state index is 12.5. The number of hydrogen-bond donors (Lipinski definition) is 1. The van der Waals surface area contributed by atoms with Crippen molar-refractivity contribution in [2.24, 2.45) is 5.10 Å². The molecule has 1 amide bonds. The van der Waals surface area contributed by atoms with Gasteiger partial charge in [0.1, 0.15) is 5.75 Å². The molecule has 0 aliphatic rings. The lowest BCUT2D eigenvalue weighted by molar-refractivity contribution is -0.118. The molecule has 0 saturated carbocycles. The molecule has 4 rings (SSSR count). The number of carbonyl (C=O) groups is 1. The molecule has 10 heteroatoms. The van der Waals surface area contributed by atoms with Crippen molar-refractivity contribution in [2.75, 3.05) is 31.4 Å². The summed E-state index contributed by atoms with van der Waals surface area (Å²) in [6.07, 6.45) is 1.61. The quantitative estimate of drug-likeness (QED) is 0.169. The Morgan fingerprint density at radius 3 is 2.41 bits per heavy atom. The van der Waals surface area contributed by atoms with E-state index < -0.39 is 0 Å². The second kappa shape index (κ2) is 12.4. The van der Waals surface area contributed by atoms with Crippen LogP contribution in [0.1, 0.15) is 12.5 Å². The second-order valence-electron chi connectivity index (χ2n) is 8.14. The van der Waals surface area contributed by atoms with Crippen LogP contribution in [0.5, 0.6) is 5.75 Å². The molecule has 3 aromatic carbocycles. The van der Waals surface area contributed by atoms with E-state index in [0.29, 0.717) is 22.6 Å². The van der Waals surface area contributed by atoms with E-state index in [1.807, 2.05) is 91.1 Å². The number of halogens is 1. The molecule has 0 spiro atoms. The van der Waals surface area contributed by atoms with Crippen molar-refractivity contribution < 1.29 is 9.53 Å². The molecule has 8 nitrogen and oxygen atoms in total. The smallest absolute Gasteiger partial charge is 0.250 e. The topological polar surface area (TPSA) is 84.6 Å². The zero-order chi connectivity index (χ0) is 26.2. The first-order valence-corrected chi connectivity index (χ1v) is 13.0. The van der Waals surface area contributed by atoms with Gasteiger partial charge in [-0.2, -0.15) is 5.10 Å². The predicted octanol–water partition coefficient (Wildman–Crippen LogP) is 5.29. The van der Waals surface area contributed by atoms with Gasteiger partial charge in [-0.05, 0) is 73.2 Å². The molecule has 0 fully saturated rings. The lowest BCUT2D eigenvalue weighted by Gasteiger charge is -2.11. The average Bonchev–Trinajstić information content (AvgIpc) is 3.33. The van der Waals surface area contributed by atoms with E-state index >= 15 is 0 Å². The average molecular weight is 535 g/mol. The van der Waals surface area contributed by atoms with Crippen molar-refractivity contribution in [3.05, 3.63) is 83.4 Å². The zero-order valence-electron chi connectivity index (χ0n) is 20.8. The first kappa shape index (κ1) is 26.2. The number of carbonyl (C=O) groups excluding carboxylic acids is 1. The van der Waals surface area contributed by atoms with E-state index in [-0.39, 0.29) is 11.7 Å². The monoisotopic (exact) mass is 534 g/mol. The standard InChI is InChI=1S/C27H27ClN6O2S/c1-4-36-24-15-13-23(14-16-24)34-26(20-7-9-21(28)10-8-20)31-32-27(34)37-18-25(35)30-29-17-19-5-11-22(12-6-19)33(2)3/h5-17H,4,18H2,1-3H3,(H,30,35). The van der Waals surface area contributed by atoms with Crippen molar-refractivity contribution in [3.63, 3.8) is 0 Å². The summed E-state index contributed by atoms with van der Waals surface area (Å²) in [4.78, 5) is 14.5. The number of rotatable bonds is 10. The van der Waals surface area contributed by atoms with Gasteiger partial charge in [-0.1, -0.05) is 35.5 Å². The van der Waals surface area contributed by atoms with Gasteiger partial charge in [0.05, 0.1) is 18.6 Å². The molecule has 0 saturated heterocycles. The Morgan fingerprint density at radius 2 is 1.76 bits per heavy atom. The summed E-state index contributed by atoms with van der Waals surface area (Å²) in [5, 5.41) is 14.1. The van der Waals surface area contributed by atoms with Gasteiger partial charge in [0.15, 0.2) is 11.0 Å². The number of nitrogens with zero attached hydrogens (tertiary/aromatic N) is 5. The summed E-state index contributed by atoms with van der Waals surface area (Å²) in [6, 6.07) is 22.9. The molecule has 37 heavy (non-hydrogen) atoms. The highest BCUT2D eigenvalue weighted by molar-refractivity contribution is 7.99. The third-order valence-electron chi connectivity index (χ3n) is 5.29. The molecule has 0 aliphatic carbocycles. The van der Waals surface area contributed by atoms with Gasteiger partial charge < -0.3 is 9.64 Å². The fourth-order valence-electron chi connectivity index (χ4n) is 3.44. The first-order valence-electron chi connectivity index (χ1n) is 11.6. The van der Waals surface area contributed by atoms with Crippen LogP contribution < -0.4 is 15.1 Å². The second-order valence-corrected chi connectivity index (χ2v) is 9.52. The molecule has 190 valence electrons. The first-order chi connectivity index (χ1) is 17.9. The van der Waals surface area contributed by atoms with Crippen LogP contribution in [-0.4, -0.2) is 53.3 Å². The maximum atomic E-state index is 12.5. The van der Waals surface area contributed by atoms with Crippen LogP contribution in [-0.2, 0) is 4.79 Å². The Balaban J connectivity index is 1.48. The van der Waals surface area contributed by atoms with Gasteiger partial charge in [-0.3, -0.25) is 9.36 Å². The number of amides is 1. The molecule has 1 heterocycles. The van der Waals surface area contributed by atoms with Crippen molar-refractivity contribution in [2.45, 2.75) is 12.1 Å². The van der Waals surface area contributed by atoms with Gasteiger partial charge in [0, 0.05) is 36.1 Å². The summed E-state index contributed by atoms with van der Waals surface area (Å²) in [5.41, 5.74) is 6.26. The van der Waals surface area contributed by atoms with Gasteiger partial charge in [0.25, 0.3) is 5.91 Å². The van der Waals surface area contributed by atoms with E-state index in [1.54, 1.807) is 18.3 Å². The van der Waals surface area contributed by atoms with E-state index in [1.165, 1.54) is 11.8 Å². The molecule has 1 N–H and O–H groups in total. The molecule has 1 aromatic heterocycles. The summed E-state index contributed by atoms with van der Waals surface area (Å²) < 4.78 is 7.48. The predicted molar refractivity (Wildman–Crippen MR) is 150 cm³/mol. The molecule has 0 atom stereocenters. The lowest BCUT2D eigenvalue weighted by atomic mass is 10.2. The minimum Gasteiger partial charge on any atom is -0.494 e. The highest BCUT2D eigenvalue weighted by Crippen LogP contribution is 2.29. The molecular weight excluding hydrogens is 508 g/mol. The number of ether oxygens (including phenoxy) is 1.